The van der Waals surface area contributed by atoms with Gasteiger partial charge in [-0.1, -0.05) is 6.07 Å². The fraction of sp³-hybridized carbons (Fsp3) is 0.250. The van der Waals surface area contributed by atoms with E-state index in [1.807, 2.05) is 30.5 Å². The lowest BCUT2D eigenvalue weighted by Gasteiger charge is -2.12. The molecule has 0 aliphatic rings. The Hall–Kier alpha value is -1.97. The van der Waals surface area contributed by atoms with Crippen LogP contribution in [0.4, 0.5) is 0 Å². The van der Waals surface area contributed by atoms with Crippen LogP contribution in [0.3, 0.4) is 0 Å². The molecule has 2 aromatic rings. The predicted octanol–water partition coefficient (Wildman–Crippen LogP) is 2.11. The molecule has 16 heavy (non-hydrogen) atoms. The maximum atomic E-state index is 11.2. The maximum Gasteiger partial charge on any atom is 0.346 e. The fourth-order valence-electron chi connectivity index (χ4n) is 1.56. The highest BCUT2D eigenvalue weighted by Gasteiger charge is 2.15. The summed E-state index contributed by atoms with van der Waals surface area (Å²) in [7, 11) is 1.35. The second kappa shape index (κ2) is 4.26. The average molecular weight is 219 g/mol. The molecule has 0 saturated carbocycles. The molecule has 4 heteroatoms. The Labute approximate surface area is 93.2 Å². The first kappa shape index (κ1) is 10.5. The highest BCUT2D eigenvalue weighted by Crippen LogP contribution is 2.25. The molecule has 4 nitrogen and oxygen atoms in total. The summed E-state index contributed by atoms with van der Waals surface area (Å²) in [6.07, 6.45) is 1.23. The molecule has 0 bridgehead atoms. The number of aromatic amines is 1. The Morgan fingerprint density at radius 1 is 1.38 bits per heavy atom. The number of hydrogen-bond donors (Lipinski definition) is 1. The Kier molecular flexibility index (Phi) is 2.81. The van der Waals surface area contributed by atoms with E-state index in [1.165, 1.54) is 7.11 Å². The largest absolute Gasteiger partial charge is 0.478 e. The third-order valence-corrected chi connectivity index (χ3v) is 2.39. The highest BCUT2D eigenvalue weighted by molar-refractivity contribution is 5.86. The van der Waals surface area contributed by atoms with Crippen molar-refractivity contribution in [3.8, 4) is 5.75 Å². The van der Waals surface area contributed by atoms with E-state index < -0.39 is 6.10 Å². The summed E-state index contributed by atoms with van der Waals surface area (Å²) in [5, 5.41) is 0.957. The van der Waals surface area contributed by atoms with Gasteiger partial charge in [-0.25, -0.2) is 4.79 Å². The van der Waals surface area contributed by atoms with Gasteiger partial charge in [0, 0.05) is 17.1 Å². The SMILES string of the molecule is COC(=O)C(C)Oc1cccc2[nH]ccc12. The third-order valence-electron chi connectivity index (χ3n) is 2.39. The van der Waals surface area contributed by atoms with Crippen LogP contribution in [0, 0.1) is 0 Å². The summed E-state index contributed by atoms with van der Waals surface area (Å²) in [6, 6.07) is 7.56. The van der Waals surface area contributed by atoms with Crippen molar-refractivity contribution in [1.82, 2.24) is 4.98 Å². The van der Waals surface area contributed by atoms with Crippen molar-refractivity contribution >= 4 is 16.9 Å². The molecule has 84 valence electrons. The zero-order chi connectivity index (χ0) is 11.5. The number of esters is 1. The molecule has 0 aliphatic heterocycles. The minimum atomic E-state index is -0.606. The molecule has 2 rings (SSSR count). The summed E-state index contributed by atoms with van der Waals surface area (Å²) in [5.41, 5.74) is 0.981. The Bertz CT molecular complexity index is 504. The molecule has 0 aliphatic carbocycles. The van der Waals surface area contributed by atoms with Gasteiger partial charge in [-0.05, 0) is 25.1 Å². The maximum absolute atomic E-state index is 11.2. The predicted molar refractivity (Wildman–Crippen MR) is 60.4 cm³/mol. The van der Waals surface area contributed by atoms with E-state index in [0.29, 0.717) is 5.75 Å². The van der Waals surface area contributed by atoms with Crippen molar-refractivity contribution in [1.29, 1.82) is 0 Å². The molecule has 0 spiro atoms. The van der Waals surface area contributed by atoms with Gasteiger partial charge in [0.15, 0.2) is 6.10 Å². The summed E-state index contributed by atoms with van der Waals surface area (Å²) in [5.74, 6) is 0.296. The van der Waals surface area contributed by atoms with E-state index >= 15 is 0 Å². The number of rotatable bonds is 3. The van der Waals surface area contributed by atoms with Crippen LogP contribution < -0.4 is 4.74 Å². The van der Waals surface area contributed by atoms with E-state index in [2.05, 4.69) is 9.72 Å². The number of benzene rings is 1. The van der Waals surface area contributed by atoms with Crippen LogP contribution in [0.1, 0.15) is 6.92 Å². The molecule has 0 radical (unpaired) electrons. The van der Waals surface area contributed by atoms with Crippen molar-refractivity contribution in [2.24, 2.45) is 0 Å². The van der Waals surface area contributed by atoms with E-state index in [-0.39, 0.29) is 5.97 Å². The number of carbonyl (C=O) groups excluding carboxylic acids is 1. The quantitative estimate of drug-likeness (QED) is 0.804. The van der Waals surface area contributed by atoms with Crippen LogP contribution in [-0.2, 0) is 9.53 Å². The normalized spacial score (nSPS) is 12.4. The Morgan fingerprint density at radius 2 is 2.19 bits per heavy atom. The number of carbonyl (C=O) groups is 1. The molecule has 1 N–H and O–H groups in total. The van der Waals surface area contributed by atoms with Gasteiger partial charge in [0.25, 0.3) is 0 Å². The zero-order valence-electron chi connectivity index (χ0n) is 9.19. The second-order valence-electron chi connectivity index (χ2n) is 3.48. The van der Waals surface area contributed by atoms with Crippen LogP contribution >= 0.6 is 0 Å². The van der Waals surface area contributed by atoms with Crippen molar-refractivity contribution in [2.75, 3.05) is 7.11 Å². The summed E-state index contributed by atoms with van der Waals surface area (Å²) < 4.78 is 10.2. The lowest BCUT2D eigenvalue weighted by atomic mass is 10.2. The lowest BCUT2D eigenvalue weighted by Crippen LogP contribution is -2.24. The van der Waals surface area contributed by atoms with E-state index in [4.69, 9.17) is 4.74 Å². The minimum absolute atomic E-state index is 0.382. The smallest absolute Gasteiger partial charge is 0.346 e. The van der Waals surface area contributed by atoms with Crippen molar-refractivity contribution in [3.63, 3.8) is 0 Å². The molecule has 0 amide bonds. The Morgan fingerprint density at radius 3 is 2.94 bits per heavy atom. The Balaban J connectivity index is 2.27. The van der Waals surface area contributed by atoms with Crippen LogP contribution in [0.25, 0.3) is 10.9 Å². The first-order valence-electron chi connectivity index (χ1n) is 5.03. The number of ether oxygens (including phenoxy) is 2. The topological polar surface area (TPSA) is 51.3 Å². The summed E-state index contributed by atoms with van der Waals surface area (Å²) in [4.78, 5) is 14.3. The van der Waals surface area contributed by atoms with Gasteiger partial charge in [0.1, 0.15) is 5.75 Å². The van der Waals surface area contributed by atoms with Gasteiger partial charge in [-0.3, -0.25) is 0 Å². The molecule has 0 saturated heterocycles. The number of hydrogen-bond acceptors (Lipinski definition) is 3. The van der Waals surface area contributed by atoms with E-state index in [1.54, 1.807) is 6.92 Å². The summed E-state index contributed by atoms with van der Waals surface area (Å²) >= 11 is 0. The highest BCUT2D eigenvalue weighted by atomic mass is 16.6. The monoisotopic (exact) mass is 219 g/mol. The van der Waals surface area contributed by atoms with E-state index in [0.717, 1.165) is 10.9 Å². The van der Waals surface area contributed by atoms with Crippen molar-refractivity contribution in [2.45, 2.75) is 13.0 Å². The molecular weight excluding hydrogens is 206 g/mol. The average Bonchev–Trinajstić information content (AvgIpc) is 2.77. The first-order valence-corrected chi connectivity index (χ1v) is 5.03. The summed E-state index contributed by atoms with van der Waals surface area (Å²) in [6.45, 7) is 1.66. The first-order chi connectivity index (χ1) is 7.72. The standard InChI is InChI=1S/C12H13NO3/c1-8(12(14)15-2)16-11-5-3-4-10-9(11)6-7-13-10/h3-8,13H,1-2H3. The number of fused-ring (bicyclic) bond motifs is 1. The molecule has 1 heterocycles. The number of methoxy groups -OCH3 is 1. The van der Waals surface area contributed by atoms with Gasteiger partial charge >= 0.3 is 5.97 Å². The van der Waals surface area contributed by atoms with Crippen LogP contribution in [0.2, 0.25) is 0 Å². The molecule has 0 fully saturated rings. The van der Waals surface area contributed by atoms with Crippen LogP contribution in [-0.4, -0.2) is 24.2 Å². The molecular formula is C12H13NO3. The zero-order valence-corrected chi connectivity index (χ0v) is 9.19. The van der Waals surface area contributed by atoms with Gasteiger partial charge in [0.2, 0.25) is 0 Å². The number of nitrogens with one attached hydrogen (secondary N) is 1. The minimum Gasteiger partial charge on any atom is -0.478 e. The third kappa shape index (κ3) is 1.86. The molecule has 1 aromatic carbocycles. The second-order valence-corrected chi connectivity index (χ2v) is 3.48. The van der Waals surface area contributed by atoms with E-state index in [9.17, 15) is 4.79 Å². The number of H-pyrrole nitrogens is 1. The van der Waals surface area contributed by atoms with Gasteiger partial charge in [-0.2, -0.15) is 0 Å². The van der Waals surface area contributed by atoms with Gasteiger partial charge in [-0.15, -0.1) is 0 Å². The van der Waals surface area contributed by atoms with Crippen molar-refractivity contribution in [3.05, 3.63) is 30.5 Å². The molecule has 1 unspecified atom stereocenters. The van der Waals surface area contributed by atoms with Crippen molar-refractivity contribution < 1.29 is 14.3 Å². The van der Waals surface area contributed by atoms with Gasteiger partial charge < -0.3 is 14.5 Å². The molecule has 1 atom stereocenters. The number of aromatic nitrogens is 1. The van der Waals surface area contributed by atoms with Crippen LogP contribution in [0.15, 0.2) is 30.5 Å². The molecule has 1 aromatic heterocycles. The fourth-order valence-corrected chi connectivity index (χ4v) is 1.56. The van der Waals surface area contributed by atoms with Crippen LogP contribution in [0.5, 0.6) is 5.75 Å². The van der Waals surface area contributed by atoms with Gasteiger partial charge in [0.05, 0.1) is 7.11 Å². The lowest BCUT2D eigenvalue weighted by molar-refractivity contribution is -0.147.